The average Bonchev–Trinajstić information content (AvgIpc) is 2.35. The summed E-state index contributed by atoms with van der Waals surface area (Å²) in [6, 6.07) is -1.06. The number of piperidine rings is 1. The van der Waals surface area contributed by atoms with Gasteiger partial charge in [0.05, 0.1) is 6.04 Å². The lowest BCUT2D eigenvalue weighted by Crippen LogP contribution is -2.51. The van der Waals surface area contributed by atoms with Crippen LogP contribution in [0, 0.1) is 0 Å². The van der Waals surface area contributed by atoms with Gasteiger partial charge in [-0.3, -0.25) is 14.9 Å². The summed E-state index contributed by atoms with van der Waals surface area (Å²) in [5.74, 6) is -0.879. The van der Waals surface area contributed by atoms with Gasteiger partial charge >= 0.3 is 5.97 Å². The third-order valence-electron chi connectivity index (χ3n) is 3.20. The minimum absolute atomic E-state index is 0.0180. The first-order chi connectivity index (χ1) is 8.06. The topological polar surface area (TPSA) is 69.6 Å². The van der Waals surface area contributed by atoms with Crippen LogP contribution < -0.4 is 5.32 Å². The highest BCUT2D eigenvalue weighted by Crippen LogP contribution is 2.10. The maximum atomic E-state index is 12.0. The Labute approximate surface area is 102 Å². The van der Waals surface area contributed by atoms with Crippen molar-refractivity contribution < 1.29 is 14.7 Å². The van der Waals surface area contributed by atoms with Crippen LogP contribution >= 0.6 is 0 Å². The van der Waals surface area contributed by atoms with Crippen molar-refractivity contribution in [2.45, 2.75) is 51.6 Å². The fourth-order valence-corrected chi connectivity index (χ4v) is 2.12. The van der Waals surface area contributed by atoms with Crippen LogP contribution in [0.15, 0.2) is 0 Å². The minimum Gasteiger partial charge on any atom is -0.480 e. The SMILES string of the molecule is CCC(NC(C)C(=O)N1CCCCC1)C(=O)O. The van der Waals surface area contributed by atoms with Gasteiger partial charge in [-0.2, -0.15) is 0 Å². The van der Waals surface area contributed by atoms with Gasteiger partial charge in [-0.25, -0.2) is 0 Å². The lowest BCUT2D eigenvalue weighted by Gasteiger charge is -2.30. The third-order valence-corrected chi connectivity index (χ3v) is 3.20. The molecule has 1 fully saturated rings. The molecule has 2 N–H and O–H groups in total. The number of hydrogen-bond donors (Lipinski definition) is 2. The standard InChI is InChI=1S/C12H22N2O3/c1-3-10(12(16)17)13-9(2)11(15)14-7-5-4-6-8-14/h9-10,13H,3-8H2,1-2H3,(H,16,17). The van der Waals surface area contributed by atoms with E-state index in [-0.39, 0.29) is 5.91 Å². The fraction of sp³-hybridized carbons (Fsp3) is 0.833. The second-order valence-electron chi connectivity index (χ2n) is 4.57. The predicted octanol–water partition coefficient (Wildman–Crippen LogP) is 0.840. The zero-order chi connectivity index (χ0) is 12.8. The molecule has 0 aromatic rings. The molecule has 2 unspecified atom stereocenters. The number of carbonyl (C=O) groups excluding carboxylic acids is 1. The Hall–Kier alpha value is -1.10. The van der Waals surface area contributed by atoms with Gasteiger partial charge in [0.25, 0.3) is 0 Å². The van der Waals surface area contributed by atoms with Crippen LogP contribution in [0.25, 0.3) is 0 Å². The summed E-state index contributed by atoms with van der Waals surface area (Å²) >= 11 is 0. The molecule has 1 aliphatic rings. The van der Waals surface area contributed by atoms with Crippen LogP contribution in [0.4, 0.5) is 0 Å². The molecule has 17 heavy (non-hydrogen) atoms. The van der Waals surface area contributed by atoms with Gasteiger partial charge in [0.1, 0.15) is 6.04 Å². The summed E-state index contributed by atoms with van der Waals surface area (Å²) in [5, 5.41) is 11.8. The Morgan fingerprint density at radius 1 is 1.29 bits per heavy atom. The van der Waals surface area contributed by atoms with Gasteiger partial charge in [0.2, 0.25) is 5.91 Å². The largest absolute Gasteiger partial charge is 0.480 e. The highest BCUT2D eigenvalue weighted by atomic mass is 16.4. The molecule has 1 rings (SSSR count). The van der Waals surface area contributed by atoms with Gasteiger partial charge < -0.3 is 10.0 Å². The van der Waals surface area contributed by atoms with E-state index in [1.165, 1.54) is 6.42 Å². The van der Waals surface area contributed by atoms with Crippen LogP contribution in [0.2, 0.25) is 0 Å². The smallest absolute Gasteiger partial charge is 0.320 e. The molecule has 0 aliphatic carbocycles. The number of likely N-dealkylation sites (tertiary alicyclic amines) is 1. The van der Waals surface area contributed by atoms with Crippen LogP contribution in [0.3, 0.4) is 0 Å². The summed E-state index contributed by atoms with van der Waals surface area (Å²) in [4.78, 5) is 24.7. The highest BCUT2D eigenvalue weighted by molar-refractivity contribution is 5.82. The molecule has 5 nitrogen and oxygen atoms in total. The maximum absolute atomic E-state index is 12.0. The van der Waals surface area contributed by atoms with Gasteiger partial charge in [-0.1, -0.05) is 6.92 Å². The summed E-state index contributed by atoms with van der Waals surface area (Å²) in [5.41, 5.74) is 0. The number of carbonyl (C=O) groups is 2. The molecule has 0 spiro atoms. The first kappa shape index (κ1) is 14.0. The molecule has 1 saturated heterocycles. The van der Waals surface area contributed by atoms with E-state index in [2.05, 4.69) is 5.32 Å². The molecule has 1 heterocycles. The summed E-state index contributed by atoms with van der Waals surface area (Å²) in [6.45, 7) is 5.13. The predicted molar refractivity (Wildman–Crippen MR) is 64.7 cm³/mol. The lowest BCUT2D eigenvalue weighted by atomic mass is 10.1. The maximum Gasteiger partial charge on any atom is 0.320 e. The monoisotopic (exact) mass is 242 g/mol. The molecular formula is C12H22N2O3. The number of nitrogens with one attached hydrogen (secondary N) is 1. The second-order valence-corrected chi connectivity index (χ2v) is 4.57. The van der Waals surface area contributed by atoms with Crippen LogP contribution in [-0.4, -0.2) is 47.1 Å². The number of aliphatic carboxylic acids is 1. The van der Waals surface area contributed by atoms with E-state index in [1.807, 2.05) is 4.90 Å². The number of amides is 1. The van der Waals surface area contributed by atoms with E-state index in [0.717, 1.165) is 25.9 Å². The second kappa shape index (κ2) is 6.59. The van der Waals surface area contributed by atoms with Crippen molar-refractivity contribution in [2.24, 2.45) is 0 Å². The lowest BCUT2D eigenvalue weighted by molar-refractivity contribution is -0.140. The van der Waals surface area contributed by atoms with Crippen molar-refractivity contribution >= 4 is 11.9 Å². The molecule has 2 atom stereocenters. The molecule has 5 heteroatoms. The zero-order valence-electron chi connectivity index (χ0n) is 10.6. The van der Waals surface area contributed by atoms with Gasteiger partial charge in [0.15, 0.2) is 0 Å². The number of carboxylic acid groups (broad SMARTS) is 1. The Bertz CT molecular complexity index is 275. The molecule has 1 amide bonds. The molecule has 0 radical (unpaired) electrons. The van der Waals surface area contributed by atoms with E-state index in [1.54, 1.807) is 13.8 Å². The Morgan fingerprint density at radius 3 is 2.35 bits per heavy atom. The van der Waals surface area contributed by atoms with Crippen molar-refractivity contribution in [3.05, 3.63) is 0 Å². The normalized spacial score (nSPS) is 19.8. The molecular weight excluding hydrogens is 220 g/mol. The van der Waals surface area contributed by atoms with E-state index in [4.69, 9.17) is 5.11 Å². The Kier molecular flexibility index (Phi) is 5.41. The van der Waals surface area contributed by atoms with E-state index in [0.29, 0.717) is 6.42 Å². The summed E-state index contributed by atoms with van der Waals surface area (Å²) in [6.07, 6.45) is 3.76. The van der Waals surface area contributed by atoms with Gasteiger partial charge in [0, 0.05) is 13.1 Å². The average molecular weight is 242 g/mol. The minimum atomic E-state index is -0.897. The summed E-state index contributed by atoms with van der Waals surface area (Å²) in [7, 11) is 0. The number of rotatable bonds is 5. The molecule has 0 bridgehead atoms. The van der Waals surface area contributed by atoms with Crippen molar-refractivity contribution in [3.8, 4) is 0 Å². The first-order valence-corrected chi connectivity index (χ1v) is 6.34. The number of hydrogen-bond acceptors (Lipinski definition) is 3. The van der Waals surface area contributed by atoms with Crippen molar-refractivity contribution in [1.82, 2.24) is 10.2 Å². The summed E-state index contributed by atoms with van der Waals surface area (Å²) < 4.78 is 0. The van der Waals surface area contributed by atoms with Crippen molar-refractivity contribution in [1.29, 1.82) is 0 Å². The van der Waals surface area contributed by atoms with E-state index in [9.17, 15) is 9.59 Å². The third kappa shape index (κ3) is 4.00. The number of nitrogens with zero attached hydrogens (tertiary/aromatic N) is 1. The zero-order valence-corrected chi connectivity index (χ0v) is 10.6. The molecule has 0 aromatic carbocycles. The van der Waals surface area contributed by atoms with E-state index < -0.39 is 18.1 Å². The van der Waals surface area contributed by atoms with Crippen molar-refractivity contribution in [3.63, 3.8) is 0 Å². The van der Waals surface area contributed by atoms with Crippen LogP contribution in [0.1, 0.15) is 39.5 Å². The van der Waals surface area contributed by atoms with Crippen LogP contribution in [-0.2, 0) is 9.59 Å². The van der Waals surface area contributed by atoms with Gasteiger partial charge in [-0.15, -0.1) is 0 Å². The van der Waals surface area contributed by atoms with Crippen LogP contribution in [0.5, 0.6) is 0 Å². The quantitative estimate of drug-likeness (QED) is 0.749. The number of carboxylic acids is 1. The fourth-order valence-electron chi connectivity index (χ4n) is 2.12. The molecule has 1 aliphatic heterocycles. The van der Waals surface area contributed by atoms with E-state index >= 15 is 0 Å². The first-order valence-electron chi connectivity index (χ1n) is 6.34. The molecule has 0 saturated carbocycles. The molecule has 0 aromatic heterocycles. The Balaban J connectivity index is 2.47. The Morgan fingerprint density at radius 2 is 1.88 bits per heavy atom. The van der Waals surface area contributed by atoms with Crippen molar-refractivity contribution in [2.75, 3.05) is 13.1 Å². The molecule has 98 valence electrons. The highest BCUT2D eigenvalue weighted by Gasteiger charge is 2.25. The van der Waals surface area contributed by atoms with Gasteiger partial charge in [-0.05, 0) is 32.6 Å².